The SMILES string of the molecule is CN(C)CC1Cc2cc(F)ccc2N(C(=O)[C@@H](Cc2c[nH]c3ccccc23)NC(=O)N2CCC(n3c(=O)n(C)c4ccccc43)CC2)C1. The van der Waals surface area contributed by atoms with Gasteiger partial charge in [0.15, 0.2) is 0 Å². The van der Waals surface area contributed by atoms with E-state index in [0.717, 1.165) is 39.6 Å². The summed E-state index contributed by atoms with van der Waals surface area (Å²) in [7, 11) is 5.77. The first kappa shape index (κ1) is 31.7. The second-order valence-electron chi connectivity index (χ2n) is 13.5. The molecule has 10 nitrogen and oxygen atoms in total. The lowest BCUT2D eigenvalue weighted by molar-refractivity contribution is -0.120. The number of imidazole rings is 1. The number of fused-ring (bicyclic) bond motifs is 3. The average molecular weight is 652 g/mol. The van der Waals surface area contributed by atoms with Crippen molar-refractivity contribution in [2.45, 2.75) is 37.8 Å². The number of aryl methyl sites for hydroxylation is 1. The zero-order chi connectivity index (χ0) is 33.5. The zero-order valence-electron chi connectivity index (χ0n) is 27.7. The number of piperidine rings is 1. The van der Waals surface area contributed by atoms with Crippen molar-refractivity contribution in [2.75, 3.05) is 45.2 Å². The molecule has 2 aliphatic rings. The minimum Gasteiger partial charge on any atom is -0.361 e. The van der Waals surface area contributed by atoms with Crippen LogP contribution in [0.25, 0.3) is 21.9 Å². The summed E-state index contributed by atoms with van der Waals surface area (Å²) in [5, 5.41) is 4.11. The van der Waals surface area contributed by atoms with E-state index in [1.54, 1.807) is 27.5 Å². The maximum Gasteiger partial charge on any atom is 0.329 e. The average Bonchev–Trinajstić information content (AvgIpc) is 3.60. The number of anilines is 1. The van der Waals surface area contributed by atoms with Crippen LogP contribution in [0.15, 0.2) is 77.7 Å². The van der Waals surface area contributed by atoms with Gasteiger partial charge in [0.2, 0.25) is 5.91 Å². The number of carbonyl (C=O) groups excluding carboxylic acids is 2. The third-order valence-corrected chi connectivity index (χ3v) is 9.98. The first-order valence-electron chi connectivity index (χ1n) is 16.7. The maximum absolute atomic E-state index is 14.6. The van der Waals surface area contributed by atoms with Crippen LogP contribution in [0.1, 0.15) is 30.0 Å². The van der Waals surface area contributed by atoms with Crippen LogP contribution in [-0.4, -0.2) is 82.2 Å². The van der Waals surface area contributed by atoms with Gasteiger partial charge < -0.3 is 25.0 Å². The molecule has 0 radical (unpaired) electrons. The zero-order valence-corrected chi connectivity index (χ0v) is 27.7. The highest BCUT2D eigenvalue weighted by atomic mass is 19.1. The van der Waals surface area contributed by atoms with E-state index in [9.17, 15) is 18.8 Å². The Morgan fingerprint density at radius 1 is 1.02 bits per heavy atom. The largest absolute Gasteiger partial charge is 0.361 e. The lowest BCUT2D eigenvalue weighted by atomic mass is 9.91. The molecule has 250 valence electrons. The minimum atomic E-state index is -0.855. The highest BCUT2D eigenvalue weighted by molar-refractivity contribution is 6.00. The van der Waals surface area contributed by atoms with Crippen molar-refractivity contribution in [1.29, 1.82) is 0 Å². The molecule has 5 aromatic rings. The highest BCUT2D eigenvalue weighted by Gasteiger charge is 2.36. The Morgan fingerprint density at radius 3 is 2.52 bits per heavy atom. The molecule has 2 aliphatic heterocycles. The molecule has 0 saturated carbocycles. The standard InChI is InChI=1S/C37H42FN7O3/c1-41(2)22-24-18-25-19-27(38)12-13-32(25)44(23-24)35(46)31(20-26-21-39-30-9-5-4-8-29(26)30)40-36(47)43-16-14-28(15-17-43)45-34-11-7-6-10-33(34)42(3)37(45)48/h4-13,19,21,24,28,31,39H,14-18,20,22-23H2,1-3H3,(H,40,47)/t24?,31-/m1/s1. The molecule has 4 heterocycles. The molecule has 7 rings (SSSR count). The summed E-state index contributed by atoms with van der Waals surface area (Å²) in [6.45, 7) is 2.13. The number of likely N-dealkylation sites (tertiary alicyclic amines) is 1. The molecule has 48 heavy (non-hydrogen) atoms. The minimum absolute atomic E-state index is 0.0322. The number of nitrogens with one attached hydrogen (secondary N) is 2. The Kier molecular flexibility index (Phi) is 8.55. The number of H-pyrrole nitrogens is 1. The summed E-state index contributed by atoms with van der Waals surface area (Å²) in [6.07, 6.45) is 4.11. The number of para-hydroxylation sites is 3. The molecule has 2 aromatic heterocycles. The van der Waals surface area contributed by atoms with Crippen LogP contribution in [0.5, 0.6) is 0 Å². The molecule has 3 amide bonds. The van der Waals surface area contributed by atoms with Gasteiger partial charge in [0.05, 0.1) is 11.0 Å². The highest BCUT2D eigenvalue weighted by Crippen LogP contribution is 2.32. The fourth-order valence-corrected chi connectivity index (χ4v) is 7.71. The summed E-state index contributed by atoms with van der Waals surface area (Å²) in [5.74, 6) is -0.439. The predicted molar refractivity (Wildman–Crippen MR) is 186 cm³/mol. The Hall–Kier alpha value is -4.90. The third kappa shape index (κ3) is 5.98. The number of nitrogens with zero attached hydrogens (tertiary/aromatic N) is 5. The number of urea groups is 1. The summed E-state index contributed by atoms with van der Waals surface area (Å²) < 4.78 is 17.9. The number of amides is 3. The van der Waals surface area contributed by atoms with Crippen molar-refractivity contribution >= 4 is 39.6 Å². The second-order valence-corrected chi connectivity index (χ2v) is 13.5. The van der Waals surface area contributed by atoms with E-state index in [-0.39, 0.29) is 35.4 Å². The van der Waals surface area contributed by atoms with Crippen LogP contribution in [-0.2, 0) is 24.7 Å². The van der Waals surface area contributed by atoms with Gasteiger partial charge in [-0.1, -0.05) is 30.3 Å². The molecule has 0 bridgehead atoms. The van der Waals surface area contributed by atoms with Gasteiger partial charge in [-0.05, 0) is 86.8 Å². The molecular weight excluding hydrogens is 609 g/mol. The molecule has 3 aromatic carbocycles. The number of carbonyl (C=O) groups is 2. The van der Waals surface area contributed by atoms with Crippen LogP contribution >= 0.6 is 0 Å². The summed E-state index contributed by atoms with van der Waals surface area (Å²) in [5.41, 5.74) is 5.10. The molecule has 1 saturated heterocycles. The predicted octanol–water partition coefficient (Wildman–Crippen LogP) is 4.69. The van der Waals surface area contributed by atoms with Gasteiger partial charge in [0.1, 0.15) is 11.9 Å². The maximum atomic E-state index is 14.6. The quantitative estimate of drug-likeness (QED) is 0.267. The van der Waals surface area contributed by atoms with Gasteiger partial charge in [-0.15, -0.1) is 0 Å². The number of hydrogen-bond acceptors (Lipinski definition) is 4. The molecule has 0 spiro atoms. The number of aromatic amines is 1. The molecule has 1 unspecified atom stereocenters. The van der Waals surface area contributed by atoms with Gasteiger partial charge in [-0.2, -0.15) is 0 Å². The van der Waals surface area contributed by atoms with Crippen molar-refractivity contribution in [1.82, 2.24) is 29.2 Å². The fourth-order valence-electron chi connectivity index (χ4n) is 7.71. The van der Waals surface area contributed by atoms with Crippen molar-refractivity contribution in [3.63, 3.8) is 0 Å². The summed E-state index contributed by atoms with van der Waals surface area (Å²) >= 11 is 0. The van der Waals surface area contributed by atoms with E-state index in [1.807, 2.05) is 73.4 Å². The lowest BCUT2D eigenvalue weighted by Crippen LogP contribution is -2.56. The van der Waals surface area contributed by atoms with E-state index in [0.29, 0.717) is 51.0 Å². The smallest absolute Gasteiger partial charge is 0.329 e. The fraction of sp³-hybridized carbons (Fsp3) is 0.378. The van der Waals surface area contributed by atoms with E-state index in [2.05, 4.69) is 15.2 Å². The lowest BCUT2D eigenvalue weighted by Gasteiger charge is -2.38. The van der Waals surface area contributed by atoms with E-state index in [4.69, 9.17) is 0 Å². The number of aromatic nitrogens is 3. The molecule has 2 N–H and O–H groups in total. The van der Waals surface area contributed by atoms with Gasteiger partial charge in [-0.3, -0.25) is 13.9 Å². The molecule has 1 fully saturated rings. The Balaban J connectivity index is 1.14. The van der Waals surface area contributed by atoms with Gasteiger partial charge in [0, 0.05) is 68.5 Å². The van der Waals surface area contributed by atoms with Gasteiger partial charge in [-0.25, -0.2) is 14.0 Å². The summed E-state index contributed by atoms with van der Waals surface area (Å²) in [4.78, 5) is 50.6. The van der Waals surface area contributed by atoms with Gasteiger partial charge in [0.25, 0.3) is 0 Å². The first-order valence-corrected chi connectivity index (χ1v) is 16.7. The van der Waals surface area contributed by atoms with E-state index < -0.39 is 6.04 Å². The summed E-state index contributed by atoms with van der Waals surface area (Å²) in [6, 6.07) is 19.1. The van der Waals surface area contributed by atoms with Gasteiger partial charge >= 0.3 is 11.7 Å². The van der Waals surface area contributed by atoms with Crippen LogP contribution in [0.3, 0.4) is 0 Å². The number of hydrogen-bond donors (Lipinski definition) is 2. The van der Waals surface area contributed by atoms with E-state index >= 15 is 0 Å². The van der Waals surface area contributed by atoms with Crippen molar-refractivity contribution in [3.05, 3.63) is 100 Å². The topological polar surface area (TPSA) is 98.6 Å². The second kappa shape index (κ2) is 13.0. The first-order chi connectivity index (χ1) is 23.2. The number of benzene rings is 3. The van der Waals surface area contributed by atoms with Crippen LogP contribution in [0.4, 0.5) is 14.9 Å². The monoisotopic (exact) mass is 651 g/mol. The molecule has 0 aliphatic carbocycles. The van der Waals surface area contributed by atoms with Crippen molar-refractivity contribution < 1.29 is 14.0 Å². The van der Waals surface area contributed by atoms with Crippen molar-refractivity contribution in [3.8, 4) is 0 Å². The van der Waals surface area contributed by atoms with E-state index in [1.165, 1.54) is 12.1 Å². The van der Waals surface area contributed by atoms with Crippen LogP contribution < -0.4 is 15.9 Å². The Bertz CT molecular complexity index is 2040. The Morgan fingerprint density at radius 2 is 1.75 bits per heavy atom. The van der Waals surface area contributed by atoms with Crippen LogP contribution in [0, 0.1) is 11.7 Å². The molecular formula is C37H42FN7O3. The normalized spacial score (nSPS) is 17.6. The Labute approximate surface area is 278 Å². The third-order valence-electron chi connectivity index (χ3n) is 9.98. The number of halogens is 1. The van der Waals surface area contributed by atoms with Crippen molar-refractivity contribution in [2.24, 2.45) is 13.0 Å². The molecule has 2 atom stereocenters. The van der Waals surface area contributed by atoms with Crippen LogP contribution in [0.2, 0.25) is 0 Å². The molecule has 11 heteroatoms. The number of rotatable bonds is 7.